The molecule has 16 heavy (non-hydrogen) atoms. The Bertz CT molecular complexity index is 318. The smallest absolute Gasteiger partial charge is 0.331 e. The van der Waals surface area contributed by atoms with E-state index in [9.17, 15) is 14.4 Å². The molecule has 0 saturated carbocycles. The molecule has 0 atom stereocenters. The second-order valence-corrected chi connectivity index (χ2v) is 2.97. The van der Waals surface area contributed by atoms with Crippen molar-refractivity contribution in [3.63, 3.8) is 0 Å². The highest BCUT2D eigenvalue weighted by Crippen LogP contribution is 1.99. The number of carboxylic acid groups (broad SMARTS) is 1. The Morgan fingerprint density at radius 1 is 1.38 bits per heavy atom. The summed E-state index contributed by atoms with van der Waals surface area (Å²) in [6.45, 7) is 0.730. The summed E-state index contributed by atoms with van der Waals surface area (Å²) in [5, 5.41) is 8.23. The van der Waals surface area contributed by atoms with Crippen molar-refractivity contribution in [1.82, 2.24) is 4.90 Å². The second-order valence-electron chi connectivity index (χ2n) is 2.97. The number of rotatable bonds is 4. The van der Waals surface area contributed by atoms with Crippen LogP contribution >= 0.6 is 0 Å². The largest absolute Gasteiger partial charge is 0.478 e. The van der Waals surface area contributed by atoms with Gasteiger partial charge in [-0.1, -0.05) is 0 Å². The van der Waals surface area contributed by atoms with Crippen molar-refractivity contribution in [1.29, 1.82) is 0 Å². The number of nitrogens with zero attached hydrogens (tertiary/aromatic N) is 1. The number of hydrogen-bond acceptors (Lipinski definition) is 5. The molecule has 0 spiro atoms. The van der Waals surface area contributed by atoms with Crippen LogP contribution < -0.4 is 0 Å². The molecule has 1 N–H and O–H groups in total. The SMILES string of the molecule is O=C(O)/C=C/C(=O)OCC(=O)N1CCOC1. The van der Waals surface area contributed by atoms with Gasteiger partial charge in [0.1, 0.15) is 6.73 Å². The van der Waals surface area contributed by atoms with E-state index in [0.29, 0.717) is 19.2 Å². The molecule has 1 saturated heterocycles. The summed E-state index contributed by atoms with van der Waals surface area (Å²) in [6.07, 6.45) is 1.39. The summed E-state index contributed by atoms with van der Waals surface area (Å²) in [4.78, 5) is 33.7. The first-order chi connectivity index (χ1) is 7.59. The van der Waals surface area contributed by atoms with Gasteiger partial charge in [-0.15, -0.1) is 0 Å². The molecule has 7 heteroatoms. The van der Waals surface area contributed by atoms with E-state index < -0.39 is 18.5 Å². The first-order valence-corrected chi connectivity index (χ1v) is 4.53. The number of amides is 1. The highest BCUT2D eigenvalue weighted by Gasteiger charge is 2.19. The number of aliphatic carboxylic acids is 1. The van der Waals surface area contributed by atoms with Gasteiger partial charge in [0.15, 0.2) is 6.61 Å². The van der Waals surface area contributed by atoms with Crippen molar-refractivity contribution in [2.45, 2.75) is 0 Å². The lowest BCUT2D eigenvalue weighted by Crippen LogP contribution is -2.32. The Morgan fingerprint density at radius 2 is 2.12 bits per heavy atom. The van der Waals surface area contributed by atoms with Crippen LogP contribution in [0.3, 0.4) is 0 Å². The zero-order valence-electron chi connectivity index (χ0n) is 8.42. The fourth-order valence-corrected chi connectivity index (χ4v) is 1.02. The van der Waals surface area contributed by atoms with E-state index in [1.165, 1.54) is 4.90 Å². The summed E-state index contributed by atoms with van der Waals surface area (Å²) in [6, 6.07) is 0. The second kappa shape index (κ2) is 5.86. The highest BCUT2D eigenvalue weighted by atomic mass is 16.5. The highest BCUT2D eigenvalue weighted by molar-refractivity contribution is 5.91. The van der Waals surface area contributed by atoms with Crippen LogP contribution in [0.15, 0.2) is 12.2 Å². The van der Waals surface area contributed by atoms with E-state index in [-0.39, 0.29) is 12.6 Å². The van der Waals surface area contributed by atoms with E-state index >= 15 is 0 Å². The summed E-state index contributed by atoms with van der Waals surface area (Å²) < 4.78 is 9.47. The normalized spacial score (nSPS) is 15.4. The lowest BCUT2D eigenvalue weighted by molar-refractivity contribution is -0.148. The molecule has 1 rings (SSSR count). The molecule has 88 valence electrons. The van der Waals surface area contributed by atoms with E-state index in [0.717, 1.165) is 6.08 Å². The van der Waals surface area contributed by atoms with E-state index in [4.69, 9.17) is 9.84 Å². The van der Waals surface area contributed by atoms with E-state index in [1.54, 1.807) is 0 Å². The number of hydrogen-bond donors (Lipinski definition) is 1. The first kappa shape index (κ1) is 12.2. The number of carboxylic acids is 1. The molecule has 0 aliphatic carbocycles. The number of carbonyl (C=O) groups is 3. The third-order valence-electron chi connectivity index (χ3n) is 1.81. The maximum absolute atomic E-state index is 11.3. The van der Waals surface area contributed by atoms with Gasteiger partial charge in [0.25, 0.3) is 5.91 Å². The Morgan fingerprint density at radius 3 is 2.69 bits per heavy atom. The maximum Gasteiger partial charge on any atom is 0.331 e. The fraction of sp³-hybridized carbons (Fsp3) is 0.444. The summed E-state index contributed by atoms with van der Waals surface area (Å²) >= 11 is 0. The molecule has 0 aromatic heterocycles. The number of esters is 1. The van der Waals surface area contributed by atoms with Gasteiger partial charge >= 0.3 is 11.9 Å². The molecule has 0 radical (unpaired) electrons. The molecule has 1 heterocycles. The van der Waals surface area contributed by atoms with Gasteiger partial charge in [-0.05, 0) is 0 Å². The quantitative estimate of drug-likeness (QED) is 0.490. The Hall–Kier alpha value is -1.89. The summed E-state index contributed by atoms with van der Waals surface area (Å²) in [5.41, 5.74) is 0. The minimum atomic E-state index is -1.25. The average molecular weight is 229 g/mol. The van der Waals surface area contributed by atoms with Gasteiger partial charge in [0, 0.05) is 18.7 Å². The predicted molar refractivity (Wildman–Crippen MR) is 50.3 cm³/mol. The minimum absolute atomic E-state index is 0.196. The van der Waals surface area contributed by atoms with Crippen LogP contribution in [0.4, 0.5) is 0 Å². The van der Waals surface area contributed by atoms with Crippen molar-refractivity contribution < 1.29 is 29.0 Å². The number of carbonyl (C=O) groups excluding carboxylic acids is 2. The Balaban J connectivity index is 2.25. The van der Waals surface area contributed by atoms with E-state index in [2.05, 4.69) is 4.74 Å². The molecule has 7 nitrogen and oxygen atoms in total. The Labute approximate surface area is 91.2 Å². The molecule has 1 aliphatic heterocycles. The zero-order chi connectivity index (χ0) is 12.0. The maximum atomic E-state index is 11.3. The van der Waals surface area contributed by atoms with Crippen LogP contribution in [-0.2, 0) is 23.9 Å². The molecular weight excluding hydrogens is 218 g/mol. The third-order valence-corrected chi connectivity index (χ3v) is 1.81. The van der Waals surface area contributed by atoms with Crippen molar-refractivity contribution in [3.8, 4) is 0 Å². The molecule has 0 bridgehead atoms. The zero-order valence-corrected chi connectivity index (χ0v) is 8.42. The van der Waals surface area contributed by atoms with Crippen LogP contribution in [0.1, 0.15) is 0 Å². The molecular formula is C9H11NO6. The first-order valence-electron chi connectivity index (χ1n) is 4.53. The average Bonchev–Trinajstić information content (AvgIpc) is 2.76. The van der Waals surface area contributed by atoms with E-state index in [1.807, 2.05) is 0 Å². The lowest BCUT2D eigenvalue weighted by Gasteiger charge is -2.12. The Kier molecular flexibility index (Phi) is 4.46. The van der Waals surface area contributed by atoms with Gasteiger partial charge in [0.05, 0.1) is 6.61 Å². The van der Waals surface area contributed by atoms with Gasteiger partial charge in [-0.2, -0.15) is 0 Å². The molecule has 1 amide bonds. The molecule has 1 fully saturated rings. The topological polar surface area (TPSA) is 93.1 Å². The molecule has 0 unspecified atom stereocenters. The van der Waals surface area contributed by atoms with Crippen LogP contribution in [0.25, 0.3) is 0 Å². The third kappa shape index (κ3) is 4.09. The van der Waals surface area contributed by atoms with Crippen LogP contribution in [-0.4, -0.2) is 54.3 Å². The van der Waals surface area contributed by atoms with Gasteiger partial charge in [0.2, 0.25) is 0 Å². The van der Waals surface area contributed by atoms with Crippen LogP contribution in [0.2, 0.25) is 0 Å². The summed E-state index contributed by atoms with van der Waals surface area (Å²) in [7, 11) is 0. The number of ether oxygens (including phenoxy) is 2. The van der Waals surface area contributed by atoms with Gasteiger partial charge in [-0.3, -0.25) is 4.79 Å². The van der Waals surface area contributed by atoms with Crippen molar-refractivity contribution in [2.24, 2.45) is 0 Å². The standard InChI is InChI=1S/C9H11NO6/c11-7(10-3-4-15-6-10)5-16-9(14)2-1-8(12)13/h1-2H,3-6H2,(H,12,13)/b2-1+. The van der Waals surface area contributed by atoms with Crippen molar-refractivity contribution in [2.75, 3.05) is 26.5 Å². The predicted octanol–water partition coefficient (Wildman–Crippen LogP) is -1.01. The molecule has 1 aliphatic rings. The lowest BCUT2D eigenvalue weighted by atomic mass is 10.5. The molecule has 0 aromatic rings. The van der Waals surface area contributed by atoms with Crippen LogP contribution in [0.5, 0.6) is 0 Å². The van der Waals surface area contributed by atoms with Gasteiger partial charge in [-0.25, -0.2) is 9.59 Å². The monoisotopic (exact) mass is 229 g/mol. The fourth-order valence-electron chi connectivity index (χ4n) is 1.02. The van der Waals surface area contributed by atoms with Crippen molar-refractivity contribution >= 4 is 17.8 Å². The summed E-state index contributed by atoms with van der Waals surface area (Å²) in [5.74, 6) is -2.48. The molecule has 0 aromatic carbocycles. The van der Waals surface area contributed by atoms with Gasteiger partial charge < -0.3 is 19.5 Å². The van der Waals surface area contributed by atoms with Crippen molar-refractivity contribution in [3.05, 3.63) is 12.2 Å². The minimum Gasteiger partial charge on any atom is -0.478 e. The van der Waals surface area contributed by atoms with Crippen LogP contribution in [0, 0.1) is 0 Å².